The second-order valence-corrected chi connectivity index (χ2v) is 5.51. The summed E-state index contributed by atoms with van der Waals surface area (Å²) in [6.07, 6.45) is 2.41. The van der Waals surface area contributed by atoms with Crippen molar-refractivity contribution in [2.75, 3.05) is 13.7 Å². The van der Waals surface area contributed by atoms with E-state index in [1.807, 2.05) is 6.07 Å². The molecule has 3 heteroatoms. The zero-order valence-electron chi connectivity index (χ0n) is 11.3. The molecule has 1 aromatic rings. The van der Waals surface area contributed by atoms with E-state index >= 15 is 0 Å². The minimum atomic E-state index is -0.143. The first kappa shape index (κ1) is 12.0. The lowest BCUT2D eigenvalue weighted by Gasteiger charge is -2.42. The molecule has 0 bridgehead atoms. The van der Waals surface area contributed by atoms with Gasteiger partial charge < -0.3 is 14.8 Å². The Bertz CT molecular complexity index is 460. The summed E-state index contributed by atoms with van der Waals surface area (Å²) in [5.74, 6) is 0.921. The topological polar surface area (TPSA) is 30.5 Å². The predicted molar refractivity (Wildman–Crippen MR) is 71.0 cm³/mol. The minimum absolute atomic E-state index is 0.143. The Morgan fingerprint density at radius 2 is 2.22 bits per heavy atom. The van der Waals surface area contributed by atoms with Crippen molar-refractivity contribution in [1.82, 2.24) is 5.32 Å². The first-order chi connectivity index (χ1) is 8.64. The van der Waals surface area contributed by atoms with E-state index in [2.05, 4.69) is 31.3 Å². The molecular weight excluding hydrogens is 226 g/mol. The summed E-state index contributed by atoms with van der Waals surface area (Å²) in [5, 5.41) is 3.58. The number of benzene rings is 1. The quantitative estimate of drug-likeness (QED) is 0.825. The van der Waals surface area contributed by atoms with Crippen molar-refractivity contribution < 1.29 is 9.47 Å². The fraction of sp³-hybridized carbons (Fsp3) is 0.600. The number of hydrogen-bond donors (Lipinski definition) is 1. The van der Waals surface area contributed by atoms with Gasteiger partial charge in [-0.25, -0.2) is 0 Å². The van der Waals surface area contributed by atoms with Crippen LogP contribution in [0.3, 0.4) is 0 Å². The average Bonchev–Trinajstić information content (AvgIpc) is 2.73. The van der Waals surface area contributed by atoms with E-state index in [1.54, 1.807) is 7.11 Å². The molecule has 1 fully saturated rings. The fourth-order valence-electron chi connectivity index (χ4n) is 3.09. The van der Waals surface area contributed by atoms with Crippen LogP contribution >= 0.6 is 0 Å². The Morgan fingerprint density at radius 1 is 1.39 bits per heavy atom. The molecule has 1 aliphatic carbocycles. The van der Waals surface area contributed by atoms with Crippen LogP contribution in [0.25, 0.3) is 0 Å². The first-order valence-electron chi connectivity index (χ1n) is 6.73. The van der Waals surface area contributed by atoms with Crippen LogP contribution in [0.2, 0.25) is 0 Å². The van der Waals surface area contributed by atoms with Crippen molar-refractivity contribution in [3.8, 4) is 5.75 Å². The smallest absolute Gasteiger partial charge is 0.119 e. The maximum absolute atomic E-state index is 6.35. The minimum Gasteiger partial charge on any atom is -0.497 e. The molecule has 0 aromatic heterocycles. The van der Waals surface area contributed by atoms with Gasteiger partial charge in [-0.3, -0.25) is 0 Å². The fourth-order valence-corrected chi connectivity index (χ4v) is 3.09. The molecule has 1 saturated heterocycles. The number of morpholine rings is 1. The number of nitrogens with one attached hydrogen (secondary N) is 1. The van der Waals surface area contributed by atoms with Crippen LogP contribution in [0.4, 0.5) is 0 Å². The SMILES string of the molecule is COc1ccc2c(c1)C1(CC2)CNC(C)C(C)O1. The summed E-state index contributed by atoms with van der Waals surface area (Å²) in [5.41, 5.74) is 2.57. The van der Waals surface area contributed by atoms with Crippen molar-refractivity contribution in [3.05, 3.63) is 29.3 Å². The number of rotatable bonds is 1. The van der Waals surface area contributed by atoms with Gasteiger partial charge in [0.1, 0.15) is 11.4 Å². The molecule has 1 aliphatic heterocycles. The van der Waals surface area contributed by atoms with Crippen LogP contribution in [0.15, 0.2) is 18.2 Å². The van der Waals surface area contributed by atoms with Gasteiger partial charge in [-0.2, -0.15) is 0 Å². The van der Waals surface area contributed by atoms with E-state index in [4.69, 9.17) is 9.47 Å². The maximum atomic E-state index is 6.35. The standard InChI is InChI=1S/C15H21NO2/c1-10-11(2)18-15(9-16-10)7-6-12-4-5-13(17-3)8-14(12)15/h4-5,8,10-11,16H,6-7,9H2,1-3H3. The van der Waals surface area contributed by atoms with Gasteiger partial charge in [-0.05, 0) is 49.9 Å². The third-order valence-electron chi connectivity index (χ3n) is 4.43. The van der Waals surface area contributed by atoms with Crippen molar-refractivity contribution in [3.63, 3.8) is 0 Å². The van der Waals surface area contributed by atoms with E-state index in [1.165, 1.54) is 11.1 Å². The highest BCUT2D eigenvalue weighted by Crippen LogP contribution is 2.43. The lowest BCUT2D eigenvalue weighted by Crippen LogP contribution is -2.54. The summed E-state index contributed by atoms with van der Waals surface area (Å²) in [4.78, 5) is 0. The highest BCUT2D eigenvalue weighted by molar-refractivity contribution is 5.43. The maximum Gasteiger partial charge on any atom is 0.119 e. The normalized spacial score (nSPS) is 34.6. The molecule has 98 valence electrons. The number of ether oxygens (including phenoxy) is 2. The van der Waals surface area contributed by atoms with Crippen LogP contribution in [0.5, 0.6) is 5.75 Å². The number of aryl methyl sites for hydroxylation is 1. The van der Waals surface area contributed by atoms with Gasteiger partial charge in [0.05, 0.1) is 13.2 Å². The van der Waals surface area contributed by atoms with E-state index in [0.29, 0.717) is 6.04 Å². The summed E-state index contributed by atoms with van der Waals surface area (Å²) in [6, 6.07) is 6.78. The van der Waals surface area contributed by atoms with Crippen LogP contribution in [0, 0.1) is 0 Å². The Kier molecular flexibility index (Phi) is 2.83. The van der Waals surface area contributed by atoms with E-state index in [9.17, 15) is 0 Å². The number of methoxy groups -OCH3 is 1. The molecule has 2 aliphatic rings. The third kappa shape index (κ3) is 1.73. The van der Waals surface area contributed by atoms with Gasteiger partial charge in [0.15, 0.2) is 0 Å². The summed E-state index contributed by atoms with van der Waals surface area (Å²) in [7, 11) is 1.72. The molecule has 1 N–H and O–H groups in total. The Balaban J connectivity index is 1.98. The van der Waals surface area contributed by atoms with Crippen LogP contribution in [-0.2, 0) is 16.8 Å². The van der Waals surface area contributed by atoms with Crippen molar-refractivity contribution >= 4 is 0 Å². The molecule has 3 atom stereocenters. The molecule has 1 aromatic carbocycles. The van der Waals surface area contributed by atoms with Gasteiger partial charge in [-0.1, -0.05) is 6.07 Å². The molecule has 3 rings (SSSR count). The summed E-state index contributed by atoms with van der Waals surface area (Å²) in [6.45, 7) is 5.23. The third-order valence-corrected chi connectivity index (χ3v) is 4.43. The Hall–Kier alpha value is -1.06. The monoisotopic (exact) mass is 247 g/mol. The zero-order valence-corrected chi connectivity index (χ0v) is 11.3. The Labute approximate surface area is 108 Å². The van der Waals surface area contributed by atoms with Gasteiger partial charge in [-0.15, -0.1) is 0 Å². The molecule has 1 spiro atoms. The van der Waals surface area contributed by atoms with Crippen LogP contribution < -0.4 is 10.1 Å². The second-order valence-electron chi connectivity index (χ2n) is 5.51. The molecule has 0 amide bonds. The molecule has 0 saturated carbocycles. The zero-order chi connectivity index (χ0) is 12.8. The number of hydrogen-bond acceptors (Lipinski definition) is 3. The Morgan fingerprint density at radius 3 is 2.94 bits per heavy atom. The van der Waals surface area contributed by atoms with Crippen molar-refractivity contribution in [2.45, 2.75) is 44.4 Å². The lowest BCUT2D eigenvalue weighted by molar-refractivity contribution is -0.129. The first-order valence-corrected chi connectivity index (χ1v) is 6.73. The molecular formula is C15H21NO2. The number of fused-ring (bicyclic) bond motifs is 2. The van der Waals surface area contributed by atoms with E-state index in [-0.39, 0.29) is 11.7 Å². The van der Waals surface area contributed by atoms with Gasteiger partial charge in [0, 0.05) is 12.6 Å². The molecule has 1 heterocycles. The lowest BCUT2D eigenvalue weighted by atomic mass is 9.92. The van der Waals surface area contributed by atoms with E-state index < -0.39 is 0 Å². The summed E-state index contributed by atoms with van der Waals surface area (Å²) < 4.78 is 11.7. The highest BCUT2D eigenvalue weighted by Gasteiger charge is 2.44. The predicted octanol–water partition coefficient (Wildman–Crippen LogP) is 2.23. The largest absolute Gasteiger partial charge is 0.497 e. The van der Waals surface area contributed by atoms with Crippen molar-refractivity contribution in [1.29, 1.82) is 0 Å². The highest BCUT2D eigenvalue weighted by atomic mass is 16.5. The van der Waals surface area contributed by atoms with E-state index in [0.717, 1.165) is 25.1 Å². The molecule has 3 nitrogen and oxygen atoms in total. The van der Waals surface area contributed by atoms with Gasteiger partial charge in [0.2, 0.25) is 0 Å². The van der Waals surface area contributed by atoms with Crippen molar-refractivity contribution in [2.24, 2.45) is 0 Å². The summed E-state index contributed by atoms with van der Waals surface area (Å²) >= 11 is 0. The molecule has 0 radical (unpaired) electrons. The second kappa shape index (κ2) is 4.25. The van der Waals surface area contributed by atoms with Crippen LogP contribution in [-0.4, -0.2) is 25.8 Å². The molecule has 3 unspecified atom stereocenters. The molecule has 18 heavy (non-hydrogen) atoms. The van der Waals surface area contributed by atoms with Gasteiger partial charge in [0.25, 0.3) is 0 Å². The van der Waals surface area contributed by atoms with Crippen LogP contribution in [0.1, 0.15) is 31.4 Å². The van der Waals surface area contributed by atoms with Gasteiger partial charge >= 0.3 is 0 Å². The average molecular weight is 247 g/mol.